The first kappa shape index (κ1) is 43.5. The van der Waals surface area contributed by atoms with Gasteiger partial charge in [0.25, 0.3) is 0 Å². The minimum atomic E-state index is -0.601. The highest BCUT2D eigenvalue weighted by atomic mass is 79.9. The predicted molar refractivity (Wildman–Crippen MR) is 216 cm³/mol. The second kappa shape index (κ2) is 24.5. The van der Waals surface area contributed by atoms with E-state index in [9.17, 15) is 14.0 Å². The maximum absolute atomic E-state index is 13.7. The van der Waals surface area contributed by atoms with E-state index in [0.717, 1.165) is 26.9 Å². The van der Waals surface area contributed by atoms with Crippen LogP contribution in [0, 0.1) is 0 Å². The first-order chi connectivity index (χ1) is 24.8. The quantitative estimate of drug-likeness (QED) is 0.129. The molecule has 0 saturated carbocycles. The molecule has 1 N–H and O–H groups in total. The second-order valence-electron chi connectivity index (χ2n) is 12.1. The van der Waals surface area contributed by atoms with Crippen LogP contribution in [0.2, 0.25) is 0 Å². The average molecular weight is 774 g/mol. The van der Waals surface area contributed by atoms with Gasteiger partial charge in [0.2, 0.25) is 5.91 Å². The lowest BCUT2D eigenvalue weighted by Gasteiger charge is -2.26. The molecule has 5 rings (SSSR count). The molecule has 1 saturated heterocycles. The summed E-state index contributed by atoms with van der Waals surface area (Å²) in [6.07, 6.45) is 7.22. The zero-order valence-electron chi connectivity index (χ0n) is 29.9. The van der Waals surface area contributed by atoms with Crippen LogP contribution >= 0.6 is 15.9 Å². The van der Waals surface area contributed by atoms with Gasteiger partial charge in [-0.3, -0.25) is 4.79 Å². The molecule has 0 aromatic heterocycles. The Bertz CT molecular complexity index is 1650. The molecule has 8 heteroatoms. The van der Waals surface area contributed by atoms with Crippen LogP contribution in [0.1, 0.15) is 76.6 Å². The Morgan fingerprint density at radius 3 is 2.17 bits per heavy atom. The highest BCUT2D eigenvalue weighted by Crippen LogP contribution is 2.34. The van der Waals surface area contributed by atoms with Crippen molar-refractivity contribution in [1.82, 2.24) is 4.90 Å². The van der Waals surface area contributed by atoms with Gasteiger partial charge in [-0.1, -0.05) is 146 Å². The fourth-order valence-corrected chi connectivity index (χ4v) is 5.89. The van der Waals surface area contributed by atoms with Crippen LogP contribution in [-0.4, -0.2) is 36.2 Å². The lowest BCUT2D eigenvalue weighted by atomic mass is 10.00. The lowest BCUT2D eigenvalue weighted by Crippen LogP contribution is -2.41. The number of benzene rings is 4. The van der Waals surface area contributed by atoms with Crippen molar-refractivity contribution in [2.45, 2.75) is 79.0 Å². The number of ether oxygens (including phenoxy) is 2. The van der Waals surface area contributed by atoms with Gasteiger partial charge < -0.3 is 14.8 Å². The van der Waals surface area contributed by atoms with Gasteiger partial charge in [0.15, 0.2) is 0 Å². The third-order valence-electron chi connectivity index (χ3n) is 7.93. The van der Waals surface area contributed by atoms with Gasteiger partial charge in [-0.2, -0.15) is 0 Å². The van der Waals surface area contributed by atoms with Gasteiger partial charge >= 0.3 is 6.09 Å². The number of carbonyl (C=O) groups excluding carboxylic acids is 2. The molecule has 4 aromatic carbocycles. The molecule has 0 spiro atoms. The monoisotopic (exact) mass is 772 g/mol. The number of amides is 2. The molecule has 0 radical (unpaired) electrons. The number of cyclic esters (lactones) is 1. The fraction of sp³-hybridized carbons (Fsp3) is 0.318. The third-order valence-corrected chi connectivity index (χ3v) is 8.42. The molecule has 2 amide bonds. The molecule has 1 heterocycles. The number of halogens is 2. The Morgan fingerprint density at radius 2 is 1.60 bits per heavy atom. The second-order valence-corrected chi connectivity index (χ2v) is 13.0. The molecule has 1 unspecified atom stereocenters. The van der Waals surface area contributed by atoms with E-state index in [1.807, 2.05) is 109 Å². The van der Waals surface area contributed by atoms with Crippen molar-refractivity contribution in [3.63, 3.8) is 0 Å². The van der Waals surface area contributed by atoms with E-state index in [2.05, 4.69) is 54.7 Å². The van der Waals surface area contributed by atoms with Crippen LogP contribution < -0.4 is 10.1 Å². The van der Waals surface area contributed by atoms with E-state index in [1.165, 1.54) is 35.8 Å². The Labute approximate surface area is 318 Å². The number of rotatable bonds is 14. The van der Waals surface area contributed by atoms with Crippen LogP contribution in [-0.2, 0) is 22.6 Å². The van der Waals surface area contributed by atoms with Crippen molar-refractivity contribution in [3.05, 3.63) is 155 Å². The first-order valence-electron chi connectivity index (χ1n) is 17.4. The number of anilines is 1. The van der Waals surface area contributed by atoms with Gasteiger partial charge in [-0.25, -0.2) is 14.1 Å². The van der Waals surface area contributed by atoms with Gasteiger partial charge in [0, 0.05) is 15.7 Å². The van der Waals surface area contributed by atoms with Crippen molar-refractivity contribution < 1.29 is 23.5 Å². The Hall–Kier alpha value is -4.69. The summed E-state index contributed by atoms with van der Waals surface area (Å²) in [7, 11) is 0. The molecule has 6 nitrogen and oxygen atoms in total. The van der Waals surface area contributed by atoms with Crippen molar-refractivity contribution in [2.75, 3.05) is 18.6 Å². The summed E-state index contributed by atoms with van der Waals surface area (Å²) in [6.45, 7) is 9.85. The third kappa shape index (κ3) is 14.9. The maximum Gasteiger partial charge on any atom is 0.416 e. The Morgan fingerprint density at radius 1 is 1.00 bits per heavy atom. The largest absolute Gasteiger partial charge is 0.489 e. The van der Waals surface area contributed by atoms with Crippen LogP contribution in [0.4, 0.5) is 14.9 Å². The predicted octanol–water partition coefficient (Wildman–Crippen LogP) is 12.1. The number of nitrogens with one attached hydrogen (secondary N) is 1. The summed E-state index contributed by atoms with van der Waals surface area (Å²) >= 11 is 3.55. The van der Waals surface area contributed by atoms with Gasteiger partial charge in [0.1, 0.15) is 25.6 Å². The van der Waals surface area contributed by atoms with Crippen LogP contribution in [0.3, 0.4) is 0 Å². The summed E-state index contributed by atoms with van der Waals surface area (Å²) < 4.78 is 23.1. The highest BCUT2D eigenvalue weighted by molar-refractivity contribution is 9.10. The van der Waals surface area contributed by atoms with E-state index >= 15 is 0 Å². The van der Waals surface area contributed by atoms with E-state index in [-0.39, 0.29) is 32.4 Å². The van der Waals surface area contributed by atoms with Crippen LogP contribution in [0.25, 0.3) is 0 Å². The van der Waals surface area contributed by atoms with E-state index < -0.39 is 18.8 Å². The number of hydrogen-bond acceptors (Lipinski definition) is 5. The first-order valence-corrected chi connectivity index (χ1v) is 18.2. The summed E-state index contributed by atoms with van der Waals surface area (Å²) in [4.78, 5) is 27.7. The number of alkyl halides is 1. The summed E-state index contributed by atoms with van der Waals surface area (Å²) in [5.41, 5.74) is 5.29. The van der Waals surface area contributed by atoms with Crippen molar-refractivity contribution in [1.29, 1.82) is 0 Å². The zero-order valence-corrected chi connectivity index (χ0v) is 31.5. The van der Waals surface area contributed by atoms with E-state index in [1.54, 1.807) is 0 Å². The van der Waals surface area contributed by atoms with Crippen molar-refractivity contribution in [2.24, 2.45) is 0 Å². The maximum atomic E-state index is 13.7. The summed E-state index contributed by atoms with van der Waals surface area (Å²) in [5, 5.41) is 3.49. The molecule has 4 aromatic rings. The van der Waals surface area contributed by atoms with Crippen molar-refractivity contribution in [3.8, 4) is 5.75 Å². The molecular formula is C44H54BrFN2O4. The minimum absolute atomic E-state index is 0. The van der Waals surface area contributed by atoms with Gasteiger partial charge in [-0.05, 0) is 61.6 Å². The zero-order chi connectivity index (χ0) is 36.8. The normalized spacial score (nSPS) is 13.9. The Balaban J connectivity index is 0.000000624. The van der Waals surface area contributed by atoms with Crippen molar-refractivity contribution >= 4 is 33.6 Å². The molecule has 0 bridgehead atoms. The molecule has 1 aliphatic heterocycles. The fourth-order valence-electron chi connectivity index (χ4n) is 5.55. The number of para-hydroxylation sites is 1. The molecule has 2 atom stereocenters. The Kier molecular flexibility index (Phi) is 20.5. The number of carbonyl (C=O) groups is 2. The molecule has 52 heavy (non-hydrogen) atoms. The lowest BCUT2D eigenvalue weighted by molar-refractivity contribution is -0.129. The molecular weight excluding hydrogens is 719 g/mol. The summed E-state index contributed by atoms with van der Waals surface area (Å²) in [6, 6.07) is 34.4. The highest BCUT2D eigenvalue weighted by Gasteiger charge is 2.39. The SMILES string of the molecule is C.C=CCF.CC/C=C(\C)CCC.O=C(CC(Nc1ccccc1)c1ccc(Br)cc1OCc1ccccc1)N1C(=O)OC[C@@H]1Cc1ccccc1. The molecule has 1 aliphatic rings. The summed E-state index contributed by atoms with van der Waals surface area (Å²) in [5.74, 6) is 0.350. The molecule has 278 valence electrons. The van der Waals surface area contributed by atoms with Crippen LogP contribution in [0.5, 0.6) is 5.75 Å². The van der Waals surface area contributed by atoms with Gasteiger partial charge in [-0.15, -0.1) is 6.58 Å². The van der Waals surface area contributed by atoms with E-state index in [4.69, 9.17) is 9.47 Å². The number of allylic oxidation sites excluding steroid dienone is 3. The van der Waals surface area contributed by atoms with Crippen LogP contribution in [0.15, 0.2) is 138 Å². The number of hydrogen-bond donors (Lipinski definition) is 1. The molecule has 0 aliphatic carbocycles. The standard InChI is InChI=1S/C32H29BrN2O4.C8H16.C3H5F.CH4/c33-25-16-17-28(30(19-25)38-21-24-12-6-2-7-13-24)29(34-26-14-8-3-9-15-26)20-31(36)35-27(22-39-32(35)37)18-23-10-4-1-5-11-23;1-4-6-8(3)7-5-2;1-2-3-4;/h1-17,19,27,29,34H,18,20-22H2;6H,4-5,7H2,1-3H3;2H,1,3H2;1H4/b;8-6+;;/t27-,29?;;;/m0.../s1. The average Bonchev–Trinajstić information content (AvgIpc) is 3.51. The van der Waals surface area contributed by atoms with Gasteiger partial charge in [0.05, 0.1) is 18.5 Å². The minimum Gasteiger partial charge on any atom is -0.489 e. The smallest absolute Gasteiger partial charge is 0.416 e. The number of imide groups is 1. The molecule has 1 fully saturated rings. The van der Waals surface area contributed by atoms with E-state index in [0.29, 0.717) is 18.8 Å². The topological polar surface area (TPSA) is 67.9 Å². The number of nitrogens with zero attached hydrogens (tertiary/aromatic N) is 1.